The van der Waals surface area contributed by atoms with Crippen molar-refractivity contribution in [2.24, 2.45) is 5.92 Å². The maximum atomic E-state index is 12.7. The lowest BCUT2D eigenvalue weighted by atomic mass is 9.99. The molecule has 0 aliphatic heterocycles. The van der Waals surface area contributed by atoms with Gasteiger partial charge in [-0.15, -0.1) is 11.6 Å². The van der Waals surface area contributed by atoms with E-state index >= 15 is 0 Å². The summed E-state index contributed by atoms with van der Waals surface area (Å²) in [5, 5.41) is 0. The average molecular weight is 331 g/mol. The highest BCUT2D eigenvalue weighted by molar-refractivity contribution is 6.19. The van der Waals surface area contributed by atoms with E-state index in [1.165, 1.54) is 6.08 Å². The zero-order chi connectivity index (χ0) is 16.4. The van der Waals surface area contributed by atoms with Crippen LogP contribution in [-0.4, -0.2) is 5.88 Å². The van der Waals surface area contributed by atoms with Crippen LogP contribution >= 0.6 is 11.6 Å². The molecule has 0 aliphatic rings. The van der Waals surface area contributed by atoms with Gasteiger partial charge in [0.2, 0.25) is 0 Å². The first-order chi connectivity index (χ1) is 9.45. The van der Waals surface area contributed by atoms with E-state index < -0.39 is 23.5 Å². The normalized spacial score (nSPS) is 13.9. The van der Waals surface area contributed by atoms with Crippen molar-refractivity contribution < 1.29 is 26.3 Å². The van der Waals surface area contributed by atoms with Gasteiger partial charge < -0.3 is 0 Å². The Bertz CT molecular complexity index is 493. The summed E-state index contributed by atoms with van der Waals surface area (Å²) in [5.41, 5.74) is -2.27. The molecule has 0 fully saturated rings. The Labute approximate surface area is 123 Å². The largest absolute Gasteiger partial charge is 0.416 e. The highest BCUT2D eigenvalue weighted by Gasteiger charge is 2.36. The van der Waals surface area contributed by atoms with E-state index in [4.69, 9.17) is 11.6 Å². The number of benzene rings is 1. The number of hydrogen-bond acceptors (Lipinski definition) is 0. The maximum absolute atomic E-state index is 12.7. The number of allylic oxidation sites excluding steroid dienone is 1. The summed E-state index contributed by atoms with van der Waals surface area (Å²) in [4.78, 5) is 0. The van der Waals surface area contributed by atoms with Crippen molar-refractivity contribution in [2.45, 2.75) is 26.2 Å². The smallest absolute Gasteiger partial charge is 0.166 e. The molecule has 0 N–H and O–H groups in total. The summed E-state index contributed by atoms with van der Waals surface area (Å²) in [6.07, 6.45) is -8.42. The second-order valence-electron chi connectivity index (χ2n) is 4.85. The standard InChI is InChI=1S/C14H13ClF6/c1-8(2)10(7-15)3-9-4-11(13(16,17)18)6-12(5-9)14(19,20)21/h3-6,8H,7H2,1-2H3. The molecular formula is C14H13ClF6. The van der Waals surface area contributed by atoms with E-state index in [2.05, 4.69) is 0 Å². The lowest BCUT2D eigenvalue weighted by molar-refractivity contribution is -0.143. The van der Waals surface area contributed by atoms with Gasteiger partial charge in [-0.25, -0.2) is 0 Å². The number of rotatable bonds is 3. The third-order valence-electron chi connectivity index (χ3n) is 2.86. The molecule has 0 aliphatic carbocycles. The lowest BCUT2D eigenvalue weighted by Gasteiger charge is -2.14. The number of alkyl halides is 7. The first-order valence-corrected chi connectivity index (χ1v) is 6.54. The quantitative estimate of drug-likeness (QED) is 0.471. The van der Waals surface area contributed by atoms with Crippen LogP contribution < -0.4 is 0 Å². The van der Waals surface area contributed by atoms with Crippen LogP contribution in [0.2, 0.25) is 0 Å². The summed E-state index contributed by atoms with van der Waals surface area (Å²) in [6.45, 7) is 3.51. The molecule has 0 heterocycles. The van der Waals surface area contributed by atoms with Crippen molar-refractivity contribution >= 4 is 17.7 Å². The van der Waals surface area contributed by atoms with Crippen LogP contribution in [0.4, 0.5) is 26.3 Å². The first kappa shape index (κ1) is 17.9. The topological polar surface area (TPSA) is 0 Å². The Morgan fingerprint density at radius 2 is 1.43 bits per heavy atom. The van der Waals surface area contributed by atoms with Crippen LogP contribution in [0.5, 0.6) is 0 Å². The molecule has 0 nitrogen and oxygen atoms in total. The SMILES string of the molecule is CC(C)C(=Cc1cc(C(F)(F)F)cc(C(F)(F)F)c1)CCl. The van der Waals surface area contributed by atoms with Crippen LogP contribution in [-0.2, 0) is 12.4 Å². The zero-order valence-corrected chi connectivity index (χ0v) is 12.0. The number of halogens is 7. The second kappa shape index (κ2) is 6.30. The molecule has 0 spiro atoms. The first-order valence-electron chi connectivity index (χ1n) is 6.01. The minimum absolute atomic E-state index is 0.0370. The third kappa shape index (κ3) is 4.95. The minimum atomic E-state index is -4.84. The van der Waals surface area contributed by atoms with Crippen LogP contribution in [0.3, 0.4) is 0 Å². The van der Waals surface area contributed by atoms with Gasteiger partial charge in [0, 0.05) is 5.88 Å². The molecular weight excluding hydrogens is 318 g/mol. The van der Waals surface area contributed by atoms with Gasteiger partial charge >= 0.3 is 12.4 Å². The predicted octanol–water partition coefficient (Wildman–Crippen LogP) is 6.00. The Morgan fingerprint density at radius 1 is 1.00 bits per heavy atom. The van der Waals surface area contributed by atoms with Gasteiger partial charge in [-0.3, -0.25) is 0 Å². The van der Waals surface area contributed by atoms with Crippen LogP contribution in [0.15, 0.2) is 23.8 Å². The molecule has 0 bridgehead atoms. The molecule has 0 unspecified atom stereocenters. The molecule has 0 radical (unpaired) electrons. The molecule has 0 saturated heterocycles. The van der Waals surface area contributed by atoms with Crippen molar-refractivity contribution in [1.29, 1.82) is 0 Å². The molecule has 21 heavy (non-hydrogen) atoms. The molecule has 1 aromatic rings. The Balaban J connectivity index is 3.46. The van der Waals surface area contributed by atoms with E-state index in [1.54, 1.807) is 13.8 Å². The number of hydrogen-bond donors (Lipinski definition) is 0. The Morgan fingerprint density at radius 3 is 1.71 bits per heavy atom. The average Bonchev–Trinajstić information content (AvgIpc) is 2.33. The molecule has 1 aromatic carbocycles. The molecule has 118 valence electrons. The summed E-state index contributed by atoms with van der Waals surface area (Å²) >= 11 is 5.66. The van der Waals surface area contributed by atoms with Gasteiger partial charge in [-0.1, -0.05) is 25.5 Å². The fourth-order valence-corrected chi connectivity index (χ4v) is 2.02. The Hall–Kier alpha value is -1.17. The van der Waals surface area contributed by atoms with Crippen LogP contribution in [0, 0.1) is 5.92 Å². The fourth-order valence-electron chi connectivity index (χ4n) is 1.64. The fraction of sp³-hybridized carbons (Fsp3) is 0.429. The van der Waals surface area contributed by atoms with Gasteiger partial charge in [-0.05, 0) is 29.7 Å². The van der Waals surface area contributed by atoms with Crippen molar-refractivity contribution in [1.82, 2.24) is 0 Å². The van der Waals surface area contributed by atoms with Gasteiger partial charge in [0.1, 0.15) is 0 Å². The molecule has 0 atom stereocenters. The van der Waals surface area contributed by atoms with Crippen molar-refractivity contribution in [3.63, 3.8) is 0 Å². The molecule has 7 heteroatoms. The second-order valence-corrected chi connectivity index (χ2v) is 5.11. The molecule has 0 amide bonds. The molecule has 0 aromatic heterocycles. The van der Waals surface area contributed by atoms with Crippen molar-refractivity contribution in [3.05, 3.63) is 40.5 Å². The monoisotopic (exact) mass is 330 g/mol. The Kier molecular flexibility index (Phi) is 5.36. The van der Waals surface area contributed by atoms with E-state index in [1.807, 2.05) is 0 Å². The highest BCUT2D eigenvalue weighted by atomic mass is 35.5. The van der Waals surface area contributed by atoms with Gasteiger partial charge in [0.15, 0.2) is 0 Å². The summed E-state index contributed by atoms with van der Waals surface area (Å²) in [6, 6.07) is 1.47. The van der Waals surface area contributed by atoms with Gasteiger partial charge in [0.25, 0.3) is 0 Å². The maximum Gasteiger partial charge on any atom is 0.416 e. The van der Waals surface area contributed by atoms with E-state index in [9.17, 15) is 26.3 Å². The lowest BCUT2D eigenvalue weighted by Crippen LogP contribution is -2.11. The van der Waals surface area contributed by atoms with Crippen LogP contribution in [0.25, 0.3) is 6.08 Å². The summed E-state index contributed by atoms with van der Waals surface area (Å²) < 4.78 is 76.2. The summed E-state index contributed by atoms with van der Waals surface area (Å²) in [5.74, 6) is -0.0405. The van der Waals surface area contributed by atoms with E-state index in [0.717, 1.165) is 0 Å². The third-order valence-corrected chi connectivity index (χ3v) is 3.17. The summed E-state index contributed by atoms with van der Waals surface area (Å²) in [7, 11) is 0. The van der Waals surface area contributed by atoms with Gasteiger partial charge in [-0.2, -0.15) is 26.3 Å². The van der Waals surface area contributed by atoms with Crippen LogP contribution in [0.1, 0.15) is 30.5 Å². The van der Waals surface area contributed by atoms with E-state index in [0.29, 0.717) is 17.7 Å². The minimum Gasteiger partial charge on any atom is -0.166 e. The molecule has 0 saturated carbocycles. The zero-order valence-electron chi connectivity index (χ0n) is 11.2. The van der Waals surface area contributed by atoms with Crippen molar-refractivity contribution in [2.75, 3.05) is 5.88 Å². The highest BCUT2D eigenvalue weighted by Crippen LogP contribution is 2.36. The predicted molar refractivity (Wildman–Crippen MR) is 70.0 cm³/mol. The van der Waals surface area contributed by atoms with Crippen molar-refractivity contribution in [3.8, 4) is 0 Å². The van der Waals surface area contributed by atoms with E-state index in [-0.39, 0.29) is 23.4 Å². The van der Waals surface area contributed by atoms with Gasteiger partial charge in [0.05, 0.1) is 11.1 Å². The molecule has 1 rings (SSSR count).